The maximum Gasteiger partial charge on any atom is 0.335 e. The first-order valence-corrected chi connectivity index (χ1v) is 16.9. The molecule has 0 aliphatic heterocycles. The van der Waals surface area contributed by atoms with Gasteiger partial charge in [0, 0.05) is 25.3 Å². The smallest absolute Gasteiger partial charge is 0.335 e. The molecule has 2 aromatic carbocycles. The largest absolute Gasteiger partial charge is 0.507 e. The number of phenols is 2. The van der Waals surface area contributed by atoms with Gasteiger partial charge in [0.1, 0.15) is 29.4 Å². The molecule has 0 saturated heterocycles. The lowest BCUT2D eigenvalue weighted by molar-refractivity contribution is -0.131. The van der Waals surface area contributed by atoms with Crippen LogP contribution in [0.25, 0.3) is 16.6 Å². The van der Waals surface area contributed by atoms with Gasteiger partial charge in [-0.25, -0.2) is 9.36 Å². The molecule has 50 heavy (non-hydrogen) atoms. The van der Waals surface area contributed by atoms with Gasteiger partial charge in [0.15, 0.2) is 0 Å². The minimum atomic E-state index is -0.612. The highest BCUT2D eigenvalue weighted by Gasteiger charge is 2.18. The zero-order chi connectivity index (χ0) is 37.4. The van der Waals surface area contributed by atoms with E-state index in [2.05, 4.69) is 35.4 Å². The van der Waals surface area contributed by atoms with Gasteiger partial charge < -0.3 is 29.9 Å². The van der Waals surface area contributed by atoms with Crippen molar-refractivity contribution in [3.63, 3.8) is 0 Å². The van der Waals surface area contributed by atoms with E-state index in [9.17, 15) is 29.4 Å². The Bertz CT molecular complexity index is 1770. The SMILES string of the molecule is C=C/C(=C\C=C(/CC)n1c(=O)c2cc(OCCN(CC)CCC)ccc2n(C)c1=O)CC(C)NC(=O)c1c(O)cccc1O.CC(C)OC=O. The molecule has 12 nitrogen and oxygen atoms in total. The second kappa shape index (κ2) is 20.4. The molecule has 0 aliphatic rings. The number of fused-ring (bicyclic) bond motifs is 1. The van der Waals surface area contributed by atoms with Gasteiger partial charge in [0.2, 0.25) is 0 Å². The monoisotopic (exact) mass is 692 g/mol. The van der Waals surface area contributed by atoms with Gasteiger partial charge in [-0.2, -0.15) is 0 Å². The number of aromatic hydroxyl groups is 2. The van der Waals surface area contributed by atoms with Crippen LogP contribution in [0.2, 0.25) is 0 Å². The second-order valence-corrected chi connectivity index (χ2v) is 11.9. The number of phenolic OH excluding ortho intramolecular Hbond substituents is 2. The number of likely N-dealkylation sites (N-methyl/N-ethyl adjacent to an activating group) is 1. The third-order valence-electron chi connectivity index (χ3n) is 7.80. The Morgan fingerprint density at radius 1 is 1.04 bits per heavy atom. The lowest BCUT2D eigenvalue weighted by Crippen LogP contribution is -2.38. The summed E-state index contributed by atoms with van der Waals surface area (Å²) in [6.07, 6.45) is 6.98. The van der Waals surface area contributed by atoms with E-state index in [1.807, 2.05) is 6.92 Å². The number of allylic oxidation sites excluding steroid dienone is 4. The first kappa shape index (κ1) is 41.1. The van der Waals surface area contributed by atoms with Gasteiger partial charge in [-0.05, 0) is 95.1 Å². The van der Waals surface area contributed by atoms with Crippen molar-refractivity contribution in [1.82, 2.24) is 19.4 Å². The van der Waals surface area contributed by atoms with E-state index in [1.54, 1.807) is 64.2 Å². The average molecular weight is 693 g/mol. The van der Waals surface area contributed by atoms with Gasteiger partial charge in [0.25, 0.3) is 17.9 Å². The molecule has 12 heteroatoms. The van der Waals surface area contributed by atoms with Crippen LogP contribution in [0.15, 0.2) is 76.4 Å². The van der Waals surface area contributed by atoms with Crippen LogP contribution in [0.3, 0.4) is 0 Å². The van der Waals surface area contributed by atoms with E-state index in [-0.39, 0.29) is 29.2 Å². The summed E-state index contributed by atoms with van der Waals surface area (Å²) in [7, 11) is 1.63. The number of benzene rings is 2. The van der Waals surface area contributed by atoms with Crippen molar-refractivity contribution in [2.75, 3.05) is 26.2 Å². The zero-order valence-electron chi connectivity index (χ0n) is 30.3. The quantitative estimate of drug-likeness (QED) is 0.125. The topological polar surface area (TPSA) is 152 Å². The van der Waals surface area contributed by atoms with Crippen LogP contribution in [-0.2, 0) is 16.6 Å². The van der Waals surface area contributed by atoms with E-state index in [4.69, 9.17) is 4.74 Å². The number of carbonyl (C=O) groups is 2. The number of aryl methyl sites for hydroxylation is 1. The predicted molar refractivity (Wildman–Crippen MR) is 198 cm³/mol. The highest BCUT2D eigenvalue weighted by molar-refractivity contribution is 5.99. The van der Waals surface area contributed by atoms with E-state index in [0.29, 0.717) is 48.3 Å². The normalized spacial score (nSPS) is 12.3. The third-order valence-corrected chi connectivity index (χ3v) is 7.80. The standard InChI is InChI=1S/C34H44N4O6.C4H8O2/c1-7-18-37(10-4)19-20-44-26-16-17-28-27(22-26)33(42)38(34(43)36(28)6)25(9-3)15-14-24(8-2)21-23(5)35-32(41)31-29(39)12-11-13-30(31)40;1-4(2)6-3-5/h8,11-17,22-23,39-40H,2,7,9-10,18-21H2,1,3-6H3,(H,35,41);3-4H,1-2H3/b24-14+,25-15+;. The number of ether oxygens (including phenoxy) is 2. The Kier molecular flexibility index (Phi) is 16.8. The van der Waals surface area contributed by atoms with Crippen LogP contribution < -0.4 is 21.3 Å². The summed E-state index contributed by atoms with van der Waals surface area (Å²) in [6.45, 7) is 19.0. The summed E-state index contributed by atoms with van der Waals surface area (Å²) in [5.41, 5.74) is 0.672. The Balaban J connectivity index is 0.00000132. The number of hydrogen-bond donors (Lipinski definition) is 3. The fourth-order valence-corrected chi connectivity index (χ4v) is 5.16. The fraction of sp³-hybridized carbons (Fsp3) is 0.421. The molecule has 3 aromatic rings. The zero-order valence-corrected chi connectivity index (χ0v) is 30.3. The number of carbonyl (C=O) groups excluding carboxylic acids is 2. The number of nitrogens with one attached hydrogen (secondary N) is 1. The van der Waals surface area contributed by atoms with E-state index < -0.39 is 17.2 Å². The lowest BCUT2D eigenvalue weighted by atomic mass is 10.1. The van der Waals surface area contributed by atoms with Crippen molar-refractivity contribution in [2.45, 2.75) is 73.0 Å². The van der Waals surface area contributed by atoms with Crippen LogP contribution in [-0.4, -0.2) is 75.0 Å². The van der Waals surface area contributed by atoms with Gasteiger partial charge in [-0.3, -0.25) is 19.0 Å². The van der Waals surface area contributed by atoms with Gasteiger partial charge in [-0.1, -0.05) is 45.6 Å². The van der Waals surface area contributed by atoms with Crippen LogP contribution in [0.1, 0.15) is 71.2 Å². The molecule has 0 radical (unpaired) electrons. The summed E-state index contributed by atoms with van der Waals surface area (Å²) in [6, 6.07) is 8.91. The van der Waals surface area contributed by atoms with Gasteiger partial charge >= 0.3 is 5.69 Å². The molecule has 1 heterocycles. The van der Waals surface area contributed by atoms with Crippen LogP contribution >= 0.6 is 0 Å². The lowest BCUT2D eigenvalue weighted by Gasteiger charge is -2.19. The van der Waals surface area contributed by atoms with E-state index in [0.717, 1.165) is 31.6 Å². The van der Waals surface area contributed by atoms with Gasteiger partial charge in [0.05, 0.1) is 17.0 Å². The van der Waals surface area contributed by atoms with Crippen LogP contribution in [0.4, 0.5) is 0 Å². The maximum atomic E-state index is 13.7. The second-order valence-electron chi connectivity index (χ2n) is 11.9. The molecule has 3 N–H and O–H groups in total. The van der Waals surface area contributed by atoms with Crippen molar-refractivity contribution in [2.24, 2.45) is 7.05 Å². The molecule has 3 rings (SSSR count). The highest BCUT2D eigenvalue weighted by atomic mass is 16.5. The van der Waals surface area contributed by atoms with Crippen molar-refractivity contribution in [3.05, 3.63) is 93.2 Å². The molecule has 1 amide bonds. The summed E-state index contributed by atoms with van der Waals surface area (Å²) >= 11 is 0. The first-order valence-electron chi connectivity index (χ1n) is 16.9. The molecular weight excluding hydrogens is 640 g/mol. The molecule has 0 saturated carbocycles. The summed E-state index contributed by atoms with van der Waals surface area (Å²) in [5, 5.41) is 23.1. The van der Waals surface area contributed by atoms with Crippen LogP contribution in [0.5, 0.6) is 17.2 Å². The molecule has 272 valence electrons. The third kappa shape index (κ3) is 11.5. The minimum absolute atomic E-state index is 0.0301. The predicted octanol–water partition coefficient (Wildman–Crippen LogP) is 5.36. The fourth-order valence-electron chi connectivity index (χ4n) is 5.16. The number of nitrogens with zero attached hydrogens (tertiary/aromatic N) is 3. The van der Waals surface area contributed by atoms with E-state index in [1.165, 1.54) is 27.3 Å². The molecule has 0 bridgehead atoms. The summed E-state index contributed by atoms with van der Waals surface area (Å²) in [5.74, 6) is -0.683. The van der Waals surface area contributed by atoms with Crippen molar-refractivity contribution in [1.29, 1.82) is 0 Å². The molecule has 1 aromatic heterocycles. The van der Waals surface area contributed by atoms with Crippen LogP contribution in [0, 0.1) is 0 Å². The maximum absolute atomic E-state index is 13.7. The average Bonchev–Trinajstić information content (AvgIpc) is 3.07. The highest BCUT2D eigenvalue weighted by Crippen LogP contribution is 2.26. The molecule has 1 atom stereocenters. The molecule has 1 unspecified atom stereocenters. The number of amides is 1. The summed E-state index contributed by atoms with van der Waals surface area (Å²) < 4.78 is 13.0. The number of aromatic nitrogens is 2. The molecule has 0 aliphatic carbocycles. The molecular formula is C38H52N4O8. The Morgan fingerprint density at radius 2 is 1.72 bits per heavy atom. The van der Waals surface area contributed by atoms with Crippen molar-refractivity contribution >= 4 is 29.0 Å². The van der Waals surface area contributed by atoms with Gasteiger partial charge in [-0.15, -0.1) is 0 Å². The molecule has 0 fully saturated rings. The van der Waals surface area contributed by atoms with Crippen molar-refractivity contribution < 1.29 is 29.3 Å². The summed E-state index contributed by atoms with van der Waals surface area (Å²) in [4.78, 5) is 51.4. The Labute approximate surface area is 293 Å². The number of rotatable bonds is 17. The van der Waals surface area contributed by atoms with Crippen molar-refractivity contribution in [3.8, 4) is 17.2 Å². The minimum Gasteiger partial charge on any atom is -0.507 e. The Hall–Kier alpha value is -5.10. The molecule has 0 spiro atoms. The van der Waals surface area contributed by atoms with E-state index >= 15 is 0 Å². The Morgan fingerprint density at radius 3 is 2.26 bits per heavy atom. The first-order chi connectivity index (χ1) is 23.8. The number of hydrogen-bond acceptors (Lipinski definition) is 9.